The summed E-state index contributed by atoms with van der Waals surface area (Å²) >= 11 is 12.8. The zero-order valence-corrected chi connectivity index (χ0v) is 17.8. The van der Waals surface area contributed by atoms with Crippen LogP contribution in [0.4, 0.5) is 0 Å². The van der Waals surface area contributed by atoms with Gasteiger partial charge in [-0.05, 0) is 62.6 Å². The van der Waals surface area contributed by atoms with Crippen molar-refractivity contribution in [3.8, 4) is 17.0 Å². The number of hydrogen-bond acceptors (Lipinski definition) is 3. The highest BCUT2D eigenvalue weighted by Crippen LogP contribution is 2.40. The van der Waals surface area contributed by atoms with Crippen LogP contribution < -0.4 is 10.5 Å². The van der Waals surface area contributed by atoms with Crippen molar-refractivity contribution in [2.45, 2.75) is 26.2 Å². The number of H-pyrrole nitrogens is 1. The number of hydrogen-bond donors (Lipinski definition) is 2. The molecule has 0 aliphatic carbocycles. The summed E-state index contributed by atoms with van der Waals surface area (Å²) in [7, 11) is 0. The van der Waals surface area contributed by atoms with Crippen molar-refractivity contribution in [1.82, 2.24) is 9.97 Å². The van der Waals surface area contributed by atoms with E-state index in [0.29, 0.717) is 23.2 Å². The van der Waals surface area contributed by atoms with Crippen molar-refractivity contribution in [2.24, 2.45) is 5.73 Å². The molecule has 0 saturated carbocycles. The lowest BCUT2D eigenvalue weighted by molar-refractivity contribution is 0.343. The Kier molecular flexibility index (Phi) is 5.95. The van der Waals surface area contributed by atoms with Crippen LogP contribution in [0.2, 0.25) is 10.0 Å². The molecular weight excluding hydrogens is 405 g/mol. The van der Waals surface area contributed by atoms with Gasteiger partial charge in [0.25, 0.3) is 0 Å². The summed E-state index contributed by atoms with van der Waals surface area (Å²) in [4.78, 5) is 8.12. The van der Waals surface area contributed by atoms with Crippen LogP contribution in [-0.2, 0) is 6.42 Å². The second-order valence-corrected chi connectivity index (χ2v) is 7.74. The van der Waals surface area contributed by atoms with Gasteiger partial charge in [0, 0.05) is 22.5 Å². The van der Waals surface area contributed by atoms with Crippen molar-refractivity contribution in [3.05, 3.63) is 58.2 Å². The zero-order chi connectivity index (χ0) is 20.4. The Morgan fingerprint density at radius 3 is 2.72 bits per heavy atom. The molecule has 0 fully saturated rings. The van der Waals surface area contributed by atoms with Gasteiger partial charge in [0.05, 0.1) is 27.9 Å². The number of pyridine rings is 1. The Morgan fingerprint density at radius 1 is 1.07 bits per heavy atom. The van der Waals surface area contributed by atoms with Gasteiger partial charge in [0.15, 0.2) is 0 Å². The van der Waals surface area contributed by atoms with Gasteiger partial charge in [0.1, 0.15) is 11.3 Å². The second kappa shape index (κ2) is 8.62. The summed E-state index contributed by atoms with van der Waals surface area (Å²) in [6.07, 6.45) is 4.67. The maximum Gasteiger partial charge on any atom is 0.145 e. The molecular formula is C23H23Cl2N3O. The average Bonchev–Trinajstić information content (AvgIpc) is 3.10. The highest BCUT2D eigenvalue weighted by molar-refractivity contribution is 6.45. The fraction of sp³-hybridized carbons (Fsp3) is 0.261. The number of benzene rings is 2. The molecule has 29 heavy (non-hydrogen) atoms. The molecule has 2 aromatic heterocycles. The van der Waals surface area contributed by atoms with E-state index in [4.69, 9.17) is 33.7 Å². The summed E-state index contributed by atoms with van der Waals surface area (Å²) in [5.74, 6) is 0.786. The predicted molar refractivity (Wildman–Crippen MR) is 122 cm³/mol. The van der Waals surface area contributed by atoms with Gasteiger partial charge < -0.3 is 15.5 Å². The number of halogens is 2. The van der Waals surface area contributed by atoms with E-state index < -0.39 is 0 Å². The molecule has 0 atom stereocenters. The van der Waals surface area contributed by atoms with Gasteiger partial charge in [0.2, 0.25) is 0 Å². The molecule has 6 heteroatoms. The van der Waals surface area contributed by atoms with Crippen LogP contribution in [0.3, 0.4) is 0 Å². The van der Waals surface area contributed by atoms with Crippen molar-refractivity contribution >= 4 is 45.0 Å². The molecule has 0 unspecified atom stereocenters. The fourth-order valence-corrected chi connectivity index (χ4v) is 4.20. The van der Waals surface area contributed by atoms with E-state index in [2.05, 4.69) is 22.1 Å². The second-order valence-electron chi connectivity index (χ2n) is 6.95. The molecule has 0 spiro atoms. The predicted octanol–water partition coefficient (Wildman–Crippen LogP) is 6.37. The number of nitrogens with two attached hydrogens (primary N) is 1. The number of aromatic amines is 1. The number of aromatic nitrogens is 2. The molecule has 4 nitrogen and oxygen atoms in total. The van der Waals surface area contributed by atoms with Crippen molar-refractivity contribution in [1.29, 1.82) is 0 Å². The summed E-state index contributed by atoms with van der Waals surface area (Å²) in [5, 5.41) is 3.21. The Hall–Kier alpha value is -2.27. The lowest BCUT2D eigenvalue weighted by atomic mass is 9.97. The first kappa shape index (κ1) is 20.0. The molecule has 0 aliphatic heterocycles. The summed E-state index contributed by atoms with van der Waals surface area (Å²) < 4.78 is 5.79. The molecule has 0 radical (unpaired) electrons. The highest BCUT2D eigenvalue weighted by atomic mass is 35.5. The molecule has 4 aromatic rings. The van der Waals surface area contributed by atoms with Gasteiger partial charge in [-0.1, -0.05) is 35.3 Å². The average molecular weight is 428 g/mol. The minimum atomic E-state index is 0.540. The maximum absolute atomic E-state index is 6.53. The molecule has 0 saturated heterocycles. The third kappa shape index (κ3) is 3.68. The number of nitrogens with zero attached hydrogens (tertiary/aromatic N) is 1. The summed E-state index contributed by atoms with van der Waals surface area (Å²) in [5.41, 5.74) is 10.8. The van der Waals surface area contributed by atoms with Crippen LogP contribution >= 0.6 is 23.2 Å². The van der Waals surface area contributed by atoms with Crippen LogP contribution in [0.15, 0.2) is 42.6 Å². The molecule has 0 bridgehead atoms. The molecule has 4 rings (SSSR count). The molecule has 2 aromatic carbocycles. The third-order valence-corrected chi connectivity index (χ3v) is 5.96. The van der Waals surface area contributed by atoms with Gasteiger partial charge in [-0.25, -0.2) is 0 Å². The summed E-state index contributed by atoms with van der Waals surface area (Å²) in [6, 6.07) is 12.0. The number of ether oxygens (including phenoxy) is 1. The topological polar surface area (TPSA) is 63.9 Å². The van der Waals surface area contributed by atoms with E-state index in [0.717, 1.165) is 58.1 Å². The Morgan fingerprint density at radius 2 is 1.93 bits per heavy atom. The molecule has 2 heterocycles. The maximum atomic E-state index is 6.53. The molecule has 0 amide bonds. The van der Waals surface area contributed by atoms with Crippen LogP contribution in [0.1, 0.15) is 25.3 Å². The summed E-state index contributed by atoms with van der Waals surface area (Å²) in [6.45, 7) is 3.25. The molecule has 0 aliphatic rings. The van der Waals surface area contributed by atoms with Crippen LogP contribution in [0, 0.1) is 0 Å². The minimum Gasteiger partial charge on any atom is -0.492 e. The quantitative estimate of drug-likeness (QED) is 0.336. The zero-order valence-electron chi connectivity index (χ0n) is 16.3. The lowest BCUT2D eigenvalue weighted by Crippen LogP contribution is -1.99. The smallest absolute Gasteiger partial charge is 0.145 e. The lowest BCUT2D eigenvalue weighted by Gasteiger charge is -2.12. The van der Waals surface area contributed by atoms with Crippen molar-refractivity contribution in [3.63, 3.8) is 0 Å². The van der Waals surface area contributed by atoms with Crippen LogP contribution in [-0.4, -0.2) is 23.1 Å². The Bertz CT molecular complexity index is 1170. The SMILES string of the molecule is CCOc1ccc(-c2[nH]c3c(Cl)c(Cl)ccc3c2CCCCN)c2cccnc12. The first-order valence-electron chi connectivity index (χ1n) is 9.85. The largest absolute Gasteiger partial charge is 0.492 e. The third-order valence-electron chi connectivity index (χ3n) is 5.15. The van der Waals surface area contributed by atoms with Gasteiger partial charge in [-0.15, -0.1) is 0 Å². The molecule has 3 N–H and O–H groups in total. The van der Waals surface area contributed by atoms with E-state index in [1.54, 1.807) is 6.20 Å². The van der Waals surface area contributed by atoms with Gasteiger partial charge in [-0.3, -0.25) is 4.98 Å². The first-order chi connectivity index (χ1) is 14.2. The van der Waals surface area contributed by atoms with Crippen LogP contribution in [0.25, 0.3) is 33.1 Å². The van der Waals surface area contributed by atoms with E-state index in [1.807, 2.05) is 31.2 Å². The van der Waals surface area contributed by atoms with E-state index in [-0.39, 0.29) is 0 Å². The van der Waals surface area contributed by atoms with Gasteiger partial charge >= 0.3 is 0 Å². The number of unbranched alkanes of at least 4 members (excludes halogenated alkanes) is 1. The number of nitrogens with one attached hydrogen (secondary N) is 1. The normalized spacial score (nSPS) is 11.4. The number of rotatable bonds is 7. The monoisotopic (exact) mass is 427 g/mol. The van der Waals surface area contributed by atoms with Crippen molar-refractivity contribution < 1.29 is 4.74 Å². The van der Waals surface area contributed by atoms with Gasteiger partial charge in [-0.2, -0.15) is 0 Å². The number of aryl methyl sites for hydroxylation is 1. The van der Waals surface area contributed by atoms with E-state index >= 15 is 0 Å². The van der Waals surface area contributed by atoms with E-state index in [1.165, 1.54) is 5.56 Å². The molecule has 150 valence electrons. The minimum absolute atomic E-state index is 0.540. The Labute approximate surface area is 180 Å². The van der Waals surface area contributed by atoms with E-state index in [9.17, 15) is 0 Å². The standard InChI is InChI=1S/C23H23Cl2N3O/c1-2-29-19-11-9-16(15-7-5-13-27-22(15)19)21-14(6-3-4-12-26)17-8-10-18(24)20(25)23(17)28-21/h5,7-11,13,28H,2-4,6,12,26H2,1H3. The fourth-order valence-electron chi connectivity index (χ4n) is 3.83. The van der Waals surface area contributed by atoms with Crippen molar-refractivity contribution in [2.75, 3.05) is 13.2 Å². The first-order valence-corrected chi connectivity index (χ1v) is 10.6. The number of fused-ring (bicyclic) bond motifs is 2. The Balaban J connectivity index is 1.97. The van der Waals surface area contributed by atoms with Crippen LogP contribution in [0.5, 0.6) is 5.75 Å². The highest BCUT2D eigenvalue weighted by Gasteiger charge is 2.19.